The Balaban J connectivity index is 2.02. The molecule has 0 saturated carbocycles. The van der Waals surface area contributed by atoms with Gasteiger partial charge in [-0.25, -0.2) is 4.79 Å². The first kappa shape index (κ1) is 15.8. The lowest BCUT2D eigenvalue weighted by atomic mass is 10.2. The van der Waals surface area contributed by atoms with Gasteiger partial charge < -0.3 is 15.0 Å². The average Bonchev–Trinajstić information content (AvgIpc) is 2.75. The van der Waals surface area contributed by atoms with Gasteiger partial charge in [-0.3, -0.25) is 4.68 Å². The van der Waals surface area contributed by atoms with E-state index in [-0.39, 0.29) is 12.1 Å². The highest BCUT2D eigenvalue weighted by molar-refractivity contribution is 5.90. The first-order valence-corrected chi connectivity index (χ1v) is 7.78. The van der Waals surface area contributed by atoms with Crippen LogP contribution in [0.25, 0.3) is 0 Å². The molecule has 1 aliphatic heterocycles. The van der Waals surface area contributed by atoms with Gasteiger partial charge in [0.1, 0.15) is 0 Å². The SMILES string of the molecule is CCCC1CN(C(=O)Nc2c(C)nn(CC)c2C)CCO1. The van der Waals surface area contributed by atoms with E-state index < -0.39 is 0 Å². The largest absolute Gasteiger partial charge is 0.375 e. The van der Waals surface area contributed by atoms with Crippen LogP contribution in [0, 0.1) is 13.8 Å². The van der Waals surface area contributed by atoms with E-state index in [0.29, 0.717) is 19.7 Å². The van der Waals surface area contributed by atoms with Crippen molar-refractivity contribution in [1.29, 1.82) is 0 Å². The van der Waals surface area contributed by atoms with Gasteiger partial charge in [-0.2, -0.15) is 5.10 Å². The molecule has 0 radical (unpaired) electrons. The second-order valence-electron chi connectivity index (χ2n) is 5.52. The maximum absolute atomic E-state index is 12.4. The summed E-state index contributed by atoms with van der Waals surface area (Å²) in [4.78, 5) is 14.3. The summed E-state index contributed by atoms with van der Waals surface area (Å²) in [5.41, 5.74) is 2.70. The van der Waals surface area contributed by atoms with Crippen LogP contribution < -0.4 is 5.32 Å². The van der Waals surface area contributed by atoms with Gasteiger partial charge >= 0.3 is 6.03 Å². The lowest BCUT2D eigenvalue weighted by Gasteiger charge is -2.32. The molecule has 1 atom stereocenters. The fourth-order valence-electron chi connectivity index (χ4n) is 2.77. The Morgan fingerprint density at radius 2 is 2.19 bits per heavy atom. The number of amides is 2. The number of ether oxygens (including phenoxy) is 1. The average molecular weight is 294 g/mol. The second kappa shape index (κ2) is 6.93. The summed E-state index contributed by atoms with van der Waals surface area (Å²) in [5, 5.41) is 7.44. The molecule has 6 heteroatoms. The fourth-order valence-corrected chi connectivity index (χ4v) is 2.77. The van der Waals surface area contributed by atoms with Crippen molar-refractivity contribution in [2.45, 2.75) is 53.2 Å². The van der Waals surface area contributed by atoms with Crippen LogP contribution in [-0.2, 0) is 11.3 Å². The zero-order valence-electron chi connectivity index (χ0n) is 13.5. The zero-order valence-corrected chi connectivity index (χ0v) is 13.5. The molecule has 1 N–H and O–H groups in total. The first-order valence-electron chi connectivity index (χ1n) is 7.78. The molecule has 1 unspecified atom stereocenters. The van der Waals surface area contributed by atoms with Crippen LogP contribution in [0.15, 0.2) is 0 Å². The van der Waals surface area contributed by atoms with Gasteiger partial charge in [-0.1, -0.05) is 13.3 Å². The Bertz CT molecular complexity index is 496. The van der Waals surface area contributed by atoms with E-state index in [1.165, 1.54) is 0 Å². The third kappa shape index (κ3) is 3.56. The molecule has 6 nitrogen and oxygen atoms in total. The number of hydrogen-bond acceptors (Lipinski definition) is 3. The van der Waals surface area contributed by atoms with Crippen molar-refractivity contribution in [3.05, 3.63) is 11.4 Å². The van der Waals surface area contributed by atoms with Crippen LogP contribution in [0.4, 0.5) is 10.5 Å². The van der Waals surface area contributed by atoms with Crippen molar-refractivity contribution >= 4 is 11.7 Å². The minimum atomic E-state index is -0.0544. The smallest absolute Gasteiger partial charge is 0.322 e. The highest BCUT2D eigenvalue weighted by Gasteiger charge is 2.25. The molecule has 0 aromatic carbocycles. The molecule has 1 aromatic heterocycles. The number of nitrogens with zero attached hydrogens (tertiary/aromatic N) is 3. The van der Waals surface area contributed by atoms with Crippen LogP contribution in [0.2, 0.25) is 0 Å². The lowest BCUT2D eigenvalue weighted by Crippen LogP contribution is -2.47. The van der Waals surface area contributed by atoms with Crippen molar-refractivity contribution in [2.75, 3.05) is 25.0 Å². The van der Waals surface area contributed by atoms with Crippen molar-refractivity contribution in [2.24, 2.45) is 0 Å². The lowest BCUT2D eigenvalue weighted by molar-refractivity contribution is -0.0162. The molecule has 21 heavy (non-hydrogen) atoms. The zero-order chi connectivity index (χ0) is 15.4. The summed E-state index contributed by atoms with van der Waals surface area (Å²) in [6.07, 6.45) is 2.23. The van der Waals surface area contributed by atoms with Crippen molar-refractivity contribution < 1.29 is 9.53 Å². The normalized spacial score (nSPS) is 18.9. The number of urea groups is 1. The van der Waals surface area contributed by atoms with Crippen LogP contribution in [0.1, 0.15) is 38.1 Å². The van der Waals surface area contributed by atoms with E-state index in [1.54, 1.807) is 0 Å². The van der Waals surface area contributed by atoms with Crippen LogP contribution in [0.5, 0.6) is 0 Å². The highest BCUT2D eigenvalue weighted by Crippen LogP contribution is 2.20. The molecule has 0 aliphatic carbocycles. The number of carbonyl (C=O) groups is 1. The van der Waals surface area contributed by atoms with Crippen LogP contribution in [-0.4, -0.2) is 46.5 Å². The highest BCUT2D eigenvalue weighted by atomic mass is 16.5. The Morgan fingerprint density at radius 1 is 1.43 bits per heavy atom. The molecule has 0 spiro atoms. The number of aryl methyl sites for hydroxylation is 2. The summed E-state index contributed by atoms with van der Waals surface area (Å²) in [6.45, 7) is 10.8. The summed E-state index contributed by atoms with van der Waals surface area (Å²) in [5.74, 6) is 0. The van der Waals surface area contributed by atoms with E-state index in [1.807, 2.05) is 30.4 Å². The van der Waals surface area contributed by atoms with Crippen molar-refractivity contribution in [1.82, 2.24) is 14.7 Å². The molecule has 1 fully saturated rings. The van der Waals surface area contributed by atoms with E-state index in [9.17, 15) is 4.79 Å². The molecule has 118 valence electrons. The monoisotopic (exact) mass is 294 g/mol. The maximum Gasteiger partial charge on any atom is 0.322 e. The number of morpholine rings is 1. The summed E-state index contributed by atoms with van der Waals surface area (Å²) >= 11 is 0. The Kier molecular flexibility index (Phi) is 5.22. The van der Waals surface area contributed by atoms with Gasteiger partial charge in [0.25, 0.3) is 0 Å². The van der Waals surface area contributed by atoms with Gasteiger partial charge in [0, 0.05) is 19.6 Å². The minimum absolute atomic E-state index is 0.0544. The van der Waals surface area contributed by atoms with Crippen molar-refractivity contribution in [3.63, 3.8) is 0 Å². The molecule has 2 rings (SSSR count). The molecule has 2 amide bonds. The topological polar surface area (TPSA) is 59.4 Å². The molecule has 1 aliphatic rings. The molecule has 1 saturated heterocycles. The number of anilines is 1. The summed E-state index contributed by atoms with van der Waals surface area (Å²) < 4.78 is 7.59. The maximum atomic E-state index is 12.4. The summed E-state index contributed by atoms with van der Waals surface area (Å²) in [6, 6.07) is -0.0544. The number of carbonyl (C=O) groups excluding carboxylic acids is 1. The molecule has 1 aromatic rings. The summed E-state index contributed by atoms with van der Waals surface area (Å²) in [7, 11) is 0. The molecular weight excluding hydrogens is 268 g/mol. The molecule has 0 bridgehead atoms. The van der Waals surface area contributed by atoms with Gasteiger partial charge in [0.2, 0.25) is 0 Å². The quantitative estimate of drug-likeness (QED) is 0.928. The number of hydrogen-bond donors (Lipinski definition) is 1. The number of rotatable bonds is 4. The predicted molar refractivity (Wildman–Crippen MR) is 82.6 cm³/mol. The third-order valence-corrected chi connectivity index (χ3v) is 3.95. The molecule has 2 heterocycles. The second-order valence-corrected chi connectivity index (χ2v) is 5.52. The Hall–Kier alpha value is -1.56. The first-order chi connectivity index (χ1) is 10.1. The number of aromatic nitrogens is 2. The van der Waals surface area contributed by atoms with E-state index >= 15 is 0 Å². The standard InChI is InChI=1S/C15H26N4O2/c1-5-7-13-10-18(8-9-21-13)15(20)16-14-11(3)17-19(6-2)12(14)4/h13H,5-10H2,1-4H3,(H,16,20). The van der Waals surface area contributed by atoms with E-state index in [4.69, 9.17) is 4.74 Å². The van der Waals surface area contributed by atoms with Crippen molar-refractivity contribution in [3.8, 4) is 0 Å². The van der Waals surface area contributed by atoms with Crippen LogP contribution >= 0.6 is 0 Å². The third-order valence-electron chi connectivity index (χ3n) is 3.95. The van der Waals surface area contributed by atoms with Gasteiger partial charge in [-0.05, 0) is 27.2 Å². The number of nitrogens with one attached hydrogen (secondary N) is 1. The van der Waals surface area contributed by atoms with E-state index in [2.05, 4.69) is 17.3 Å². The van der Waals surface area contributed by atoms with E-state index in [0.717, 1.165) is 36.5 Å². The predicted octanol–water partition coefficient (Wildman–Crippen LogP) is 2.55. The Labute approximate surface area is 126 Å². The van der Waals surface area contributed by atoms with Gasteiger partial charge in [0.05, 0.1) is 29.8 Å². The fraction of sp³-hybridized carbons (Fsp3) is 0.733. The van der Waals surface area contributed by atoms with Gasteiger partial charge in [-0.15, -0.1) is 0 Å². The Morgan fingerprint density at radius 3 is 2.81 bits per heavy atom. The van der Waals surface area contributed by atoms with Gasteiger partial charge in [0.15, 0.2) is 0 Å². The molecular formula is C15H26N4O2. The minimum Gasteiger partial charge on any atom is -0.375 e. The van der Waals surface area contributed by atoms with Crippen LogP contribution in [0.3, 0.4) is 0 Å².